The van der Waals surface area contributed by atoms with Crippen LogP contribution in [0.2, 0.25) is 0 Å². The molecule has 1 unspecified atom stereocenters. The van der Waals surface area contributed by atoms with E-state index in [9.17, 15) is 13.2 Å². The van der Waals surface area contributed by atoms with E-state index in [1.807, 2.05) is 0 Å². The standard InChI is InChI=1S/C11H18F3N/c12-11(13,14)9-4-3-7-15(8-9)10-5-1-2-6-10/h9-10H,1-8H2. The zero-order valence-electron chi connectivity index (χ0n) is 8.89. The number of halogens is 3. The summed E-state index contributed by atoms with van der Waals surface area (Å²) >= 11 is 0. The van der Waals surface area contributed by atoms with Crippen molar-refractivity contribution in [1.29, 1.82) is 0 Å². The van der Waals surface area contributed by atoms with E-state index >= 15 is 0 Å². The summed E-state index contributed by atoms with van der Waals surface area (Å²) in [5, 5.41) is 0. The lowest BCUT2D eigenvalue weighted by atomic mass is 9.96. The normalized spacial score (nSPS) is 31.0. The molecule has 0 aromatic rings. The molecule has 0 radical (unpaired) electrons. The molecule has 1 saturated carbocycles. The third kappa shape index (κ3) is 2.65. The van der Waals surface area contributed by atoms with Gasteiger partial charge in [0.1, 0.15) is 0 Å². The molecule has 15 heavy (non-hydrogen) atoms. The van der Waals surface area contributed by atoms with Gasteiger partial charge in [-0.25, -0.2) is 0 Å². The van der Waals surface area contributed by atoms with Crippen molar-refractivity contribution in [1.82, 2.24) is 4.90 Å². The van der Waals surface area contributed by atoms with Crippen LogP contribution in [0.1, 0.15) is 38.5 Å². The highest BCUT2D eigenvalue weighted by Crippen LogP contribution is 2.35. The van der Waals surface area contributed by atoms with Gasteiger partial charge in [0, 0.05) is 12.6 Å². The van der Waals surface area contributed by atoms with E-state index < -0.39 is 12.1 Å². The van der Waals surface area contributed by atoms with Gasteiger partial charge in [0.2, 0.25) is 0 Å². The van der Waals surface area contributed by atoms with Gasteiger partial charge in [-0.1, -0.05) is 12.8 Å². The molecule has 0 spiro atoms. The molecule has 0 amide bonds. The lowest BCUT2D eigenvalue weighted by Crippen LogP contribution is -2.45. The van der Waals surface area contributed by atoms with Crippen LogP contribution >= 0.6 is 0 Å². The largest absolute Gasteiger partial charge is 0.393 e. The fourth-order valence-electron chi connectivity index (χ4n) is 2.87. The predicted molar refractivity (Wildman–Crippen MR) is 52.6 cm³/mol. The van der Waals surface area contributed by atoms with Gasteiger partial charge in [0.25, 0.3) is 0 Å². The zero-order chi connectivity index (χ0) is 10.9. The minimum absolute atomic E-state index is 0.244. The van der Waals surface area contributed by atoms with Crippen LogP contribution in [-0.2, 0) is 0 Å². The highest BCUT2D eigenvalue weighted by atomic mass is 19.4. The maximum Gasteiger partial charge on any atom is 0.393 e. The Hall–Kier alpha value is -0.250. The monoisotopic (exact) mass is 221 g/mol. The van der Waals surface area contributed by atoms with E-state index in [1.165, 1.54) is 12.8 Å². The smallest absolute Gasteiger partial charge is 0.300 e. The molecule has 0 aromatic carbocycles. The van der Waals surface area contributed by atoms with Crippen LogP contribution in [0.15, 0.2) is 0 Å². The van der Waals surface area contributed by atoms with Crippen molar-refractivity contribution in [2.24, 2.45) is 5.92 Å². The van der Waals surface area contributed by atoms with Crippen molar-refractivity contribution < 1.29 is 13.2 Å². The first-order valence-corrected chi connectivity index (χ1v) is 5.88. The Morgan fingerprint density at radius 2 is 1.60 bits per heavy atom. The highest BCUT2D eigenvalue weighted by Gasteiger charge is 2.42. The molecule has 2 rings (SSSR count). The van der Waals surface area contributed by atoms with Gasteiger partial charge in [-0.15, -0.1) is 0 Å². The van der Waals surface area contributed by atoms with Crippen LogP contribution in [0, 0.1) is 5.92 Å². The van der Waals surface area contributed by atoms with Crippen molar-refractivity contribution >= 4 is 0 Å². The average Bonchev–Trinajstić information content (AvgIpc) is 2.69. The van der Waals surface area contributed by atoms with Crippen LogP contribution in [0.4, 0.5) is 13.2 Å². The van der Waals surface area contributed by atoms with E-state index in [0.29, 0.717) is 18.9 Å². The summed E-state index contributed by atoms with van der Waals surface area (Å²) in [6, 6.07) is 0.440. The fraction of sp³-hybridized carbons (Fsp3) is 1.00. The van der Waals surface area contributed by atoms with Crippen LogP contribution in [0.3, 0.4) is 0 Å². The molecule has 1 atom stereocenters. The molecule has 4 heteroatoms. The summed E-state index contributed by atoms with van der Waals surface area (Å²) in [6.07, 6.45) is 1.63. The summed E-state index contributed by atoms with van der Waals surface area (Å²) in [5.74, 6) is -1.08. The van der Waals surface area contributed by atoms with E-state index in [1.54, 1.807) is 0 Å². The second kappa shape index (κ2) is 4.32. The third-order valence-corrected chi connectivity index (χ3v) is 3.76. The topological polar surface area (TPSA) is 3.24 Å². The molecular formula is C11H18F3N. The molecule has 88 valence electrons. The van der Waals surface area contributed by atoms with Crippen molar-refractivity contribution in [3.8, 4) is 0 Å². The first kappa shape index (κ1) is 11.2. The number of nitrogens with zero attached hydrogens (tertiary/aromatic N) is 1. The Morgan fingerprint density at radius 1 is 0.933 bits per heavy atom. The van der Waals surface area contributed by atoms with Crippen molar-refractivity contribution in [2.75, 3.05) is 13.1 Å². The Balaban J connectivity index is 1.92. The van der Waals surface area contributed by atoms with Gasteiger partial charge < -0.3 is 0 Å². The number of alkyl halides is 3. The summed E-state index contributed by atoms with van der Waals surface area (Å²) in [4.78, 5) is 2.08. The molecule has 0 N–H and O–H groups in total. The van der Waals surface area contributed by atoms with Gasteiger partial charge in [-0.2, -0.15) is 13.2 Å². The molecule has 1 saturated heterocycles. The lowest BCUT2D eigenvalue weighted by molar-refractivity contribution is -0.188. The molecule has 1 aliphatic heterocycles. The third-order valence-electron chi connectivity index (χ3n) is 3.76. The second-order valence-corrected chi connectivity index (χ2v) is 4.81. The number of likely N-dealkylation sites (tertiary alicyclic amines) is 1. The predicted octanol–water partition coefficient (Wildman–Crippen LogP) is 3.20. The molecule has 1 heterocycles. The first-order chi connectivity index (χ1) is 7.07. The average molecular weight is 221 g/mol. The van der Waals surface area contributed by atoms with Gasteiger partial charge in [0.05, 0.1) is 5.92 Å². The molecule has 0 aromatic heterocycles. The maximum absolute atomic E-state index is 12.6. The maximum atomic E-state index is 12.6. The second-order valence-electron chi connectivity index (χ2n) is 4.81. The molecule has 0 bridgehead atoms. The summed E-state index contributed by atoms with van der Waals surface area (Å²) in [7, 11) is 0. The van der Waals surface area contributed by atoms with E-state index in [4.69, 9.17) is 0 Å². The molecule has 1 nitrogen and oxygen atoms in total. The van der Waals surface area contributed by atoms with Crippen LogP contribution < -0.4 is 0 Å². The number of rotatable bonds is 1. The van der Waals surface area contributed by atoms with Crippen molar-refractivity contribution in [2.45, 2.75) is 50.7 Å². The Labute approximate surface area is 88.6 Å². The molecule has 2 fully saturated rings. The Bertz CT molecular complexity index is 208. The number of hydrogen-bond acceptors (Lipinski definition) is 1. The Morgan fingerprint density at radius 3 is 2.20 bits per heavy atom. The zero-order valence-corrected chi connectivity index (χ0v) is 8.89. The van der Waals surface area contributed by atoms with E-state index in [-0.39, 0.29) is 6.54 Å². The van der Waals surface area contributed by atoms with Gasteiger partial charge >= 0.3 is 6.18 Å². The van der Waals surface area contributed by atoms with Crippen molar-refractivity contribution in [3.05, 3.63) is 0 Å². The summed E-state index contributed by atoms with van der Waals surface area (Å²) < 4.78 is 37.7. The van der Waals surface area contributed by atoms with Gasteiger partial charge in [0.15, 0.2) is 0 Å². The summed E-state index contributed by atoms with van der Waals surface area (Å²) in [6.45, 7) is 1.12. The van der Waals surface area contributed by atoms with Gasteiger partial charge in [-0.3, -0.25) is 4.90 Å². The first-order valence-electron chi connectivity index (χ1n) is 5.88. The SMILES string of the molecule is FC(F)(F)C1CCCN(C2CCCC2)C1. The summed E-state index contributed by atoms with van der Waals surface area (Å²) in [5.41, 5.74) is 0. The van der Waals surface area contributed by atoms with Crippen LogP contribution in [0.5, 0.6) is 0 Å². The molecular weight excluding hydrogens is 203 g/mol. The minimum atomic E-state index is -3.99. The number of piperidine rings is 1. The van der Waals surface area contributed by atoms with E-state index in [0.717, 1.165) is 19.4 Å². The van der Waals surface area contributed by atoms with Gasteiger partial charge in [-0.05, 0) is 32.2 Å². The molecule has 1 aliphatic carbocycles. The van der Waals surface area contributed by atoms with E-state index in [2.05, 4.69) is 4.90 Å². The Kier molecular flexibility index (Phi) is 3.24. The lowest BCUT2D eigenvalue weighted by Gasteiger charge is -2.37. The molecule has 2 aliphatic rings. The number of hydrogen-bond donors (Lipinski definition) is 0. The van der Waals surface area contributed by atoms with Crippen molar-refractivity contribution in [3.63, 3.8) is 0 Å². The minimum Gasteiger partial charge on any atom is -0.300 e. The quantitative estimate of drug-likeness (QED) is 0.657. The van der Waals surface area contributed by atoms with Crippen LogP contribution in [-0.4, -0.2) is 30.2 Å². The van der Waals surface area contributed by atoms with Crippen LogP contribution in [0.25, 0.3) is 0 Å². The fourth-order valence-corrected chi connectivity index (χ4v) is 2.87. The highest BCUT2D eigenvalue weighted by molar-refractivity contribution is 4.84.